The third-order valence-corrected chi connectivity index (χ3v) is 3.50. The Morgan fingerprint density at radius 3 is 3.05 bits per heavy atom. The highest BCUT2D eigenvalue weighted by molar-refractivity contribution is 7.15. The van der Waals surface area contributed by atoms with Gasteiger partial charge >= 0.3 is 0 Å². The second kappa shape index (κ2) is 6.21. The van der Waals surface area contributed by atoms with Crippen molar-refractivity contribution < 1.29 is 4.74 Å². The quantitative estimate of drug-likeness (QED) is 0.907. The van der Waals surface area contributed by atoms with Gasteiger partial charge in [0.05, 0.1) is 16.5 Å². The van der Waals surface area contributed by atoms with E-state index in [1.807, 2.05) is 26.1 Å². The molecule has 0 aliphatic heterocycles. The van der Waals surface area contributed by atoms with E-state index in [0.29, 0.717) is 12.2 Å². The Bertz CT molecular complexity index is 601. The molecule has 0 saturated heterocycles. The summed E-state index contributed by atoms with van der Waals surface area (Å²) in [5.41, 5.74) is 1.63. The van der Waals surface area contributed by atoms with E-state index >= 15 is 0 Å². The first-order valence-corrected chi connectivity index (χ1v) is 6.86. The Balaban J connectivity index is 2.03. The Morgan fingerprint density at radius 1 is 1.47 bits per heavy atom. The number of rotatable bonds is 5. The molecule has 1 aromatic carbocycles. The van der Waals surface area contributed by atoms with Crippen molar-refractivity contribution in [3.63, 3.8) is 0 Å². The van der Waals surface area contributed by atoms with Gasteiger partial charge in [-0.2, -0.15) is 5.26 Å². The van der Waals surface area contributed by atoms with Crippen molar-refractivity contribution in [3.05, 3.63) is 40.4 Å². The molecule has 0 fully saturated rings. The number of ether oxygens (including phenoxy) is 1. The maximum atomic E-state index is 8.88. The molecule has 0 spiro atoms. The van der Waals surface area contributed by atoms with E-state index in [2.05, 4.69) is 16.4 Å². The van der Waals surface area contributed by atoms with E-state index in [4.69, 9.17) is 10.00 Å². The van der Waals surface area contributed by atoms with Crippen LogP contribution in [0.5, 0.6) is 5.75 Å². The van der Waals surface area contributed by atoms with Crippen LogP contribution in [0.4, 0.5) is 5.13 Å². The molecule has 1 aromatic heterocycles. The summed E-state index contributed by atoms with van der Waals surface area (Å²) >= 11 is 1.58. The number of aryl methyl sites for hydroxylation is 1. The van der Waals surface area contributed by atoms with Crippen molar-refractivity contribution in [1.29, 1.82) is 5.26 Å². The molecule has 0 saturated carbocycles. The van der Waals surface area contributed by atoms with E-state index < -0.39 is 0 Å². The zero-order valence-electron chi connectivity index (χ0n) is 10.9. The lowest BCUT2D eigenvalue weighted by atomic mass is 10.1. The molecule has 1 N–H and O–H groups in total. The minimum absolute atomic E-state index is 0.471. The lowest BCUT2D eigenvalue weighted by Gasteiger charge is -2.07. The lowest BCUT2D eigenvalue weighted by molar-refractivity contribution is 0.307. The van der Waals surface area contributed by atoms with Crippen molar-refractivity contribution in [3.8, 4) is 11.8 Å². The molecule has 5 heteroatoms. The van der Waals surface area contributed by atoms with E-state index in [1.165, 1.54) is 0 Å². The van der Waals surface area contributed by atoms with Gasteiger partial charge in [-0.15, -0.1) is 0 Å². The summed E-state index contributed by atoms with van der Waals surface area (Å²) in [6, 6.07) is 7.56. The number of nitriles is 1. The van der Waals surface area contributed by atoms with Gasteiger partial charge in [0.2, 0.25) is 0 Å². The smallest absolute Gasteiger partial charge is 0.182 e. The van der Waals surface area contributed by atoms with Crippen LogP contribution >= 0.6 is 11.3 Å². The Hall–Kier alpha value is -2.06. The van der Waals surface area contributed by atoms with Crippen LogP contribution in [0.1, 0.15) is 22.9 Å². The van der Waals surface area contributed by atoms with Crippen LogP contribution in [0.2, 0.25) is 0 Å². The maximum absolute atomic E-state index is 8.88. The minimum Gasteiger partial charge on any atom is -0.488 e. The molecule has 2 rings (SSSR count). The molecule has 0 radical (unpaired) electrons. The zero-order chi connectivity index (χ0) is 13.7. The van der Waals surface area contributed by atoms with Gasteiger partial charge in [0, 0.05) is 12.7 Å². The predicted octanol–water partition coefficient (Wildman–Crippen LogP) is 3.33. The second-order valence-electron chi connectivity index (χ2n) is 4.04. The number of aromatic nitrogens is 1. The molecular weight excluding hydrogens is 258 g/mol. The Labute approximate surface area is 116 Å². The van der Waals surface area contributed by atoms with Gasteiger partial charge in [-0.25, -0.2) is 4.98 Å². The number of benzene rings is 1. The monoisotopic (exact) mass is 273 g/mol. The molecule has 1 heterocycles. The highest BCUT2D eigenvalue weighted by Crippen LogP contribution is 2.23. The fraction of sp³-hybridized carbons (Fsp3) is 0.286. The third-order valence-electron chi connectivity index (χ3n) is 2.57. The first-order chi connectivity index (χ1) is 9.22. The van der Waals surface area contributed by atoms with Crippen molar-refractivity contribution in [2.45, 2.75) is 20.5 Å². The Morgan fingerprint density at radius 2 is 2.32 bits per heavy atom. The van der Waals surface area contributed by atoms with Gasteiger partial charge in [-0.05, 0) is 31.5 Å². The summed E-state index contributed by atoms with van der Waals surface area (Å²) in [7, 11) is 0. The Kier molecular flexibility index (Phi) is 4.37. The van der Waals surface area contributed by atoms with E-state index in [9.17, 15) is 0 Å². The first-order valence-electron chi connectivity index (χ1n) is 6.05. The molecule has 0 bridgehead atoms. The highest BCUT2D eigenvalue weighted by Gasteiger charge is 2.05. The molecule has 98 valence electrons. The minimum atomic E-state index is 0.471. The SMILES string of the molecule is CCNc1ncc(COc2cc(C#N)ccc2C)s1. The van der Waals surface area contributed by atoms with Crippen molar-refractivity contribution >= 4 is 16.5 Å². The summed E-state index contributed by atoms with van der Waals surface area (Å²) in [6.45, 7) is 5.33. The molecule has 0 aliphatic rings. The van der Waals surface area contributed by atoms with Crippen molar-refractivity contribution in [2.24, 2.45) is 0 Å². The maximum Gasteiger partial charge on any atom is 0.182 e. The zero-order valence-corrected chi connectivity index (χ0v) is 11.8. The van der Waals surface area contributed by atoms with Crippen LogP contribution in [0, 0.1) is 18.3 Å². The third kappa shape index (κ3) is 3.46. The molecule has 4 nitrogen and oxygen atoms in total. The van der Waals surface area contributed by atoms with Gasteiger partial charge in [0.1, 0.15) is 12.4 Å². The van der Waals surface area contributed by atoms with Gasteiger partial charge in [-0.3, -0.25) is 0 Å². The van der Waals surface area contributed by atoms with E-state index in [1.54, 1.807) is 23.5 Å². The van der Waals surface area contributed by atoms with E-state index in [-0.39, 0.29) is 0 Å². The fourth-order valence-electron chi connectivity index (χ4n) is 1.58. The van der Waals surface area contributed by atoms with Crippen molar-refractivity contribution in [2.75, 3.05) is 11.9 Å². The van der Waals surface area contributed by atoms with E-state index in [0.717, 1.165) is 27.9 Å². The standard InChI is InChI=1S/C14H15N3OS/c1-3-16-14-17-8-12(19-14)9-18-13-6-11(7-15)5-4-10(13)2/h4-6,8H,3,9H2,1-2H3,(H,16,17). The fourth-order valence-corrected chi connectivity index (χ4v) is 2.37. The summed E-state index contributed by atoms with van der Waals surface area (Å²) < 4.78 is 5.75. The number of anilines is 1. The molecule has 0 aliphatic carbocycles. The topological polar surface area (TPSA) is 57.9 Å². The van der Waals surface area contributed by atoms with Crippen LogP contribution in [0.3, 0.4) is 0 Å². The summed E-state index contributed by atoms with van der Waals surface area (Å²) in [5, 5.41) is 12.9. The van der Waals surface area contributed by atoms with Crippen LogP contribution in [-0.2, 0) is 6.61 Å². The van der Waals surface area contributed by atoms with Crippen LogP contribution in [-0.4, -0.2) is 11.5 Å². The van der Waals surface area contributed by atoms with Gasteiger partial charge in [0.25, 0.3) is 0 Å². The average Bonchev–Trinajstić information content (AvgIpc) is 2.86. The normalized spacial score (nSPS) is 9.95. The second-order valence-corrected chi connectivity index (χ2v) is 5.16. The van der Waals surface area contributed by atoms with Gasteiger partial charge in [-0.1, -0.05) is 17.4 Å². The molecule has 0 unspecified atom stereocenters. The number of nitrogens with zero attached hydrogens (tertiary/aromatic N) is 2. The number of nitrogens with one attached hydrogen (secondary N) is 1. The lowest BCUT2D eigenvalue weighted by Crippen LogP contribution is -1.95. The van der Waals surface area contributed by atoms with Crippen LogP contribution in [0.25, 0.3) is 0 Å². The molecule has 19 heavy (non-hydrogen) atoms. The van der Waals surface area contributed by atoms with Gasteiger partial charge < -0.3 is 10.1 Å². The first kappa shape index (κ1) is 13.4. The molecular formula is C14H15N3OS. The summed E-state index contributed by atoms with van der Waals surface area (Å²) in [5.74, 6) is 0.748. The van der Waals surface area contributed by atoms with Gasteiger partial charge in [0.15, 0.2) is 5.13 Å². The number of thiazole rings is 1. The molecule has 0 amide bonds. The highest BCUT2D eigenvalue weighted by atomic mass is 32.1. The average molecular weight is 273 g/mol. The number of hydrogen-bond acceptors (Lipinski definition) is 5. The number of hydrogen-bond donors (Lipinski definition) is 1. The predicted molar refractivity (Wildman–Crippen MR) is 76.5 cm³/mol. The summed E-state index contributed by atoms with van der Waals surface area (Å²) in [6.07, 6.45) is 1.81. The molecule has 2 aromatic rings. The van der Waals surface area contributed by atoms with Crippen LogP contribution < -0.4 is 10.1 Å². The largest absolute Gasteiger partial charge is 0.488 e. The van der Waals surface area contributed by atoms with Crippen molar-refractivity contribution in [1.82, 2.24) is 4.98 Å². The van der Waals surface area contributed by atoms with Crippen LogP contribution in [0.15, 0.2) is 24.4 Å². The summed E-state index contributed by atoms with van der Waals surface area (Å²) in [4.78, 5) is 5.30. The molecule has 0 atom stereocenters.